The second-order valence-electron chi connectivity index (χ2n) is 7.10. The van der Waals surface area contributed by atoms with E-state index >= 15 is 0 Å². The normalized spacial score (nSPS) is 14.7. The molecule has 6 nitrogen and oxygen atoms in total. The molecule has 8 heteroatoms. The van der Waals surface area contributed by atoms with Gasteiger partial charge >= 0.3 is 0 Å². The number of nitrogen functional groups attached to an aromatic ring is 1. The largest absolute Gasteiger partial charge is 0.382 e. The van der Waals surface area contributed by atoms with Gasteiger partial charge in [-0.1, -0.05) is 37.3 Å². The Hall–Kier alpha value is -2.54. The molecule has 148 valence electrons. The van der Waals surface area contributed by atoms with Gasteiger partial charge in [0, 0.05) is 19.2 Å². The summed E-state index contributed by atoms with van der Waals surface area (Å²) in [7, 11) is 1.94. The topological polar surface area (TPSA) is 84.5 Å². The van der Waals surface area contributed by atoms with Crippen LogP contribution in [0.15, 0.2) is 23.3 Å². The summed E-state index contributed by atoms with van der Waals surface area (Å²) < 4.78 is 14.5. The summed E-state index contributed by atoms with van der Waals surface area (Å²) in [6, 6.07) is 2.57. The third-order valence-corrected chi connectivity index (χ3v) is 5.31. The monoisotopic (exact) mass is 403 g/mol. The van der Waals surface area contributed by atoms with E-state index in [1.807, 2.05) is 11.9 Å². The molecule has 0 radical (unpaired) electrons. The fourth-order valence-electron chi connectivity index (χ4n) is 3.37. The molecule has 2 aromatic rings. The van der Waals surface area contributed by atoms with Gasteiger partial charge in [0.05, 0.1) is 23.8 Å². The lowest BCUT2D eigenvalue weighted by atomic mass is 10.0. The molecule has 1 aromatic heterocycles. The van der Waals surface area contributed by atoms with Gasteiger partial charge in [0.25, 0.3) is 0 Å². The molecule has 0 amide bonds. The molecule has 1 aromatic carbocycles. The van der Waals surface area contributed by atoms with Crippen LogP contribution in [0.2, 0.25) is 5.02 Å². The van der Waals surface area contributed by atoms with Gasteiger partial charge in [-0.2, -0.15) is 0 Å². The highest BCUT2D eigenvalue weighted by atomic mass is 35.5. The zero-order chi connectivity index (χ0) is 20.1. The number of halogens is 2. The summed E-state index contributed by atoms with van der Waals surface area (Å²) in [5.41, 5.74) is 6.29. The molecule has 2 N–H and O–H groups in total. The summed E-state index contributed by atoms with van der Waals surface area (Å²) in [6.07, 6.45) is 9.91. The third-order valence-electron chi connectivity index (χ3n) is 5.01. The Balaban J connectivity index is 1.80. The van der Waals surface area contributed by atoms with Crippen LogP contribution in [0.1, 0.15) is 42.5 Å². The molecule has 1 heterocycles. The van der Waals surface area contributed by atoms with Crippen molar-refractivity contribution in [1.82, 2.24) is 14.9 Å². The van der Waals surface area contributed by atoms with Crippen molar-refractivity contribution in [2.45, 2.75) is 32.1 Å². The number of aldehydes is 1. The minimum Gasteiger partial charge on any atom is -0.382 e. The third kappa shape index (κ3) is 4.84. The number of carbonyl (C=O) groups is 1. The Labute approximate surface area is 168 Å². The van der Waals surface area contributed by atoms with Crippen LogP contribution in [0.5, 0.6) is 0 Å². The summed E-state index contributed by atoms with van der Waals surface area (Å²) in [4.78, 5) is 25.7. The lowest BCUT2D eigenvalue weighted by Crippen LogP contribution is -2.19. The molecule has 1 fully saturated rings. The average molecular weight is 404 g/mol. The van der Waals surface area contributed by atoms with Gasteiger partial charge in [-0.3, -0.25) is 4.79 Å². The van der Waals surface area contributed by atoms with Crippen molar-refractivity contribution in [3.63, 3.8) is 0 Å². The zero-order valence-corrected chi connectivity index (χ0v) is 16.5. The molecule has 1 aliphatic carbocycles. The fraction of sp³-hybridized carbons (Fsp3) is 0.400. The van der Waals surface area contributed by atoms with E-state index in [4.69, 9.17) is 17.3 Å². The lowest BCUT2D eigenvalue weighted by Gasteiger charge is -2.16. The molecule has 0 spiro atoms. The molecule has 3 rings (SSSR count). The summed E-state index contributed by atoms with van der Waals surface area (Å²) >= 11 is 5.83. The van der Waals surface area contributed by atoms with Crippen molar-refractivity contribution in [2.24, 2.45) is 10.9 Å². The number of carbonyl (C=O) groups excluding carboxylic acids is 1. The van der Waals surface area contributed by atoms with Gasteiger partial charge in [0.15, 0.2) is 12.1 Å². The molecule has 1 aliphatic rings. The molecule has 28 heavy (non-hydrogen) atoms. The first kappa shape index (κ1) is 20.2. The number of rotatable bonds is 7. The Morgan fingerprint density at radius 1 is 1.39 bits per heavy atom. The van der Waals surface area contributed by atoms with Crippen LogP contribution in [-0.4, -0.2) is 41.1 Å². The first-order valence-electron chi connectivity index (χ1n) is 9.29. The Bertz CT molecular complexity index is 883. The minimum atomic E-state index is -0.627. The molecule has 0 atom stereocenters. The van der Waals surface area contributed by atoms with E-state index in [9.17, 15) is 9.18 Å². The number of anilines is 1. The number of aromatic nitrogens is 2. The first-order valence-corrected chi connectivity index (χ1v) is 9.67. The van der Waals surface area contributed by atoms with E-state index in [1.165, 1.54) is 37.9 Å². The smallest absolute Gasteiger partial charge is 0.164 e. The van der Waals surface area contributed by atoms with Crippen LogP contribution in [0.25, 0.3) is 11.4 Å². The van der Waals surface area contributed by atoms with E-state index in [1.54, 1.807) is 6.34 Å². The Kier molecular flexibility index (Phi) is 6.57. The van der Waals surface area contributed by atoms with Gasteiger partial charge in [0.2, 0.25) is 0 Å². The second-order valence-corrected chi connectivity index (χ2v) is 7.51. The zero-order valence-electron chi connectivity index (χ0n) is 15.7. The standard InChI is InChI=1S/C20H23ClFN5O/c1-27(7-6-13-4-2-3-5-13)12-25-18-9-15(17(22)8-14(18)11-28)20-24-10-16(21)19(23)26-20/h8-13H,2-7H2,1H3,(H2,23,24,26)/b25-12-. The van der Waals surface area contributed by atoms with Crippen molar-refractivity contribution in [2.75, 3.05) is 19.3 Å². The van der Waals surface area contributed by atoms with Gasteiger partial charge in [-0.25, -0.2) is 19.4 Å². The van der Waals surface area contributed by atoms with Crippen LogP contribution in [0.4, 0.5) is 15.9 Å². The summed E-state index contributed by atoms with van der Waals surface area (Å²) in [5, 5.41) is 0.191. The molecule has 0 aliphatic heterocycles. The molecule has 1 saturated carbocycles. The summed E-state index contributed by atoms with van der Waals surface area (Å²) in [5.74, 6) is 0.300. The van der Waals surface area contributed by atoms with Crippen LogP contribution >= 0.6 is 11.6 Å². The highest BCUT2D eigenvalue weighted by molar-refractivity contribution is 6.32. The van der Waals surface area contributed by atoms with Gasteiger partial charge in [0.1, 0.15) is 16.7 Å². The summed E-state index contributed by atoms with van der Waals surface area (Å²) in [6.45, 7) is 0.884. The maximum atomic E-state index is 14.5. The maximum Gasteiger partial charge on any atom is 0.164 e. The molecular formula is C20H23ClFN5O. The highest BCUT2D eigenvalue weighted by Gasteiger charge is 2.16. The number of hydrogen-bond donors (Lipinski definition) is 1. The minimum absolute atomic E-state index is 0.0576. The van der Waals surface area contributed by atoms with E-state index < -0.39 is 5.82 Å². The van der Waals surface area contributed by atoms with E-state index in [-0.39, 0.29) is 27.8 Å². The number of nitrogens with two attached hydrogens (primary N) is 1. The van der Waals surface area contributed by atoms with Crippen molar-refractivity contribution in [3.8, 4) is 11.4 Å². The van der Waals surface area contributed by atoms with Crippen molar-refractivity contribution in [3.05, 3.63) is 34.7 Å². The highest BCUT2D eigenvalue weighted by Crippen LogP contribution is 2.30. The number of nitrogens with zero attached hydrogens (tertiary/aromatic N) is 4. The predicted molar refractivity (Wildman–Crippen MR) is 110 cm³/mol. The van der Waals surface area contributed by atoms with Crippen molar-refractivity contribution >= 4 is 35.7 Å². The van der Waals surface area contributed by atoms with Gasteiger partial charge < -0.3 is 10.6 Å². The maximum absolute atomic E-state index is 14.5. The molecule has 0 unspecified atom stereocenters. The van der Waals surface area contributed by atoms with E-state index in [0.29, 0.717) is 12.0 Å². The van der Waals surface area contributed by atoms with Crippen molar-refractivity contribution < 1.29 is 9.18 Å². The number of benzene rings is 1. The van der Waals surface area contributed by atoms with Crippen molar-refractivity contribution in [1.29, 1.82) is 0 Å². The number of hydrogen-bond acceptors (Lipinski definition) is 5. The average Bonchev–Trinajstić information content (AvgIpc) is 3.21. The molecular weight excluding hydrogens is 381 g/mol. The van der Waals surface area contributed by atoms with E-state index in [2.05, 4.69) is 15.0 Å². The van der Waals surface area contributed by atoms with Crippen LogP contribution in [0.3, 0.4) is 0 Å². The lowest BCUT2D eigenvalue weighted by molar-refractivity contribution is 0.112. The molecule has 0 bridgehead atoms. The Morgan fingerprint density at radius 2 is 2.14 bits per heavy atom. The Morgan fingerprint density at radius 3 is 2.82 bits per heavy atom. The molecule has 0 saturated heterocycles. The first-order chi connectivity index (χ1) is 13.5. The van der Waals surface area contributed by atoms with E-state index in [0.717, 1.165) is 24.9 Å². The number of aliphatic imine (C=N–C) groups is 1. The van der Waals surface area contributed by atoms with Crippen LogP contribution in [0, 0.1) is 11.7 Å². The van der Waals surface area contributed by atoms with Gasteiger partial charge in [-0.05, 0) is 24.5 Å². The predicted octanol–water partition coefficient (Wildman–Crippen LogP) is 4.50. The SMILES string of the molecule is CN(/C=N\c1cc(-c2ncc(Cl)c(N)n2)c(F)cc1C=O)CCC1CCCC1. The van der Waals surface area contributed by atoms with Gasteiger partial charge in [-0.15, -0.1) is 0 Å². The van der Waals surface area contributed by atoms with Crippen LogP contribution in [-0.2, 0) is 0 Å². The van der Waals surface area contributed by atoms with Crippen LogP contribution < -0.4 is 5.73 Å². The second kappa shape index (κ2) is 9.10. The fourth-order valence-corrected chi connectivity index (χ4v) is 3.46. The quantitative estimate of drug-likeness (QED) is 0.418.